The Hall–Kier alpha value is -2.33. The quantitative estimate of drug-likeness (QED) is 0.788. The van der Waals surface area contributed by atoms with Gasteiger partial charge in [-0.25, -0.2) is 4.79 Å². The van der Waals surface area contributed by atoms with Gasteiger partial charge in [0.25, 0.3) is 0 Å². The Morgan fingerprint density at radius 1 is 1.21 bits per heavy atom. The first-order valence-corrected chi connectivity index (χ1v) is 8.57. The van der Waals surface area contributed by atoms with E-state index >= 15 is 0 Å². The number of hydrogen-bond donors (Lipinski definition) is 1. The Bertz CT molecular complexity index is 772. The summed E-state index contributed by atoms with van der Waals surface area (Å²) >= 11 is 0. The number of piperazine rings is 1. The number of benzene rings is 2. The van der Waals surface area contributed by atoms with Crippen molar-refractivity contribution >= 4 is 6.09 Å². The Kier molecular flexibility index (Phi) is 3.98. The number of hydrogen-bond acceptors (Lipinski definition) is 3. The van der Waals surface area contributed by atoms with Gasteiger partial charge in [0.2, 0.25) is 0 Å². The lowest BCUT2D eigenvalue weighted by Crippen LogP contribution is -2.52. The topological polar surface area (TPSA) is 41.6 Å². The van der Waals surface area contributed by atoms with E-state index in [1.807, 2.05) is 11.8 Å². The zero-order valence-electron chi connectivity index (χ0n) is 13.9. The Balaban J connectivity index is 1.50. The van der Waals surface area contributed by atoms with Gasteiger partial charge in [0.05, 0.1) is 0 Å². The highest BCUT2D eigenvalue weighted by Gasteiger charge is 2.25. The largest absolute Gasteiger partial charge is 0.445 e. The van der Waals surface area contributed by atoms with Crippen molar-refractivity contribution in [2.45, 2.75) is 26.0 Å². The Morgan fingerprint density at radius 3 is 2.92 bits per heavy atom. The predicted molar refractivity (Wildman–Crippen MR) is 93.9 cm³/mol. The van der Waals surface area contributed by atoms with Crippen LogP contribution < -0.4 is 5.32 Å². The minimum Gasteiger partial charge on any atom is -0.445 e. The summed E-state index contributed by atoms with van der Waals surface area (Å²) in [4.78, 5) is 14.2. The van der Waals surface area contributed by atoms with Crippen LogP contribution >= 0.6 is 0 Å². The van der Waals surface area contributed by atoms with E-state index in [-0.39, 0.29) is 12.1 Å². The summed E-state index contributed by atoms with van der Waals surface area (Å²) in [7, 11) is 0. The zero-order chi connectivity index (χ0) is 16.5. The molecule has 4 heteroatoms. The molecule has 1 heterocycles. The molecule has 1 N–H and O–H groups in total. The lowest BCUT2D eigenvalue weighted by molar-refractivity contribution is 0.0758. The standard InChI is InChI=1S/C20H22N2O2/c1-14-12-21-9-10-22(14)20(23)24-13-16-6-4-8-18-17-7-3-2-5-15(17)11-19(16)18/h2-8,14,21H,9-13H2,1H3/t14-/m0/s1. The molecule has 4 rings (SSSR count). The number of nitrogens with one attached hydrogen (secondary N) is 1. The van der Waals surface area contributed by atoms with E-state index in [4.69, 9.17) is 4.74 Å². The molecule has 0 aromatic heterocycles. The molecule has 4 nitrogen and oxygen atoms in total. The van der Waals surface area contributed by atoms with Gasteiger partial charge in [0.15, 0.2) is 0 Å². The van der Waals surface area contributed by atoms with E-state index in [2.05, 4.69) is 47.8 Å². The maximum atomic E-state index is 12.4. The fourth-order valence-electron chi connectivity index (χ4n) is 3.69. The fraction of sp³-hybridized carbons (Fsp3) is 0.350. The minimum atomic E-state index is -0.211. The van der Waals surface area contributed by atoms with Crippen molar-refractivity contribution in [2.24, 2.45) is 0 Å². The molecular formula is C20H22N2O2. The first kappa shape index (κ1) is 15.2. The highest BCUT2D eigenvalue weighted by molar-refractivity contribution is 5.78. The molecule has 124 valence electrons. The van der Waals surface area contributed by atoms with Crippen molar-refractivity contribution in [3.63, 3.8) is 0 Å². The lowest BCUT2D eigenvalue weighted by Gasteiger charge is -2.33. The van der Waals surface area contributed by atoms with E-state index < -0.39 is 0 Å². The Morgan fingerprint density at radius 2 is 2.04 bits per heavy atom. The summed E-state index contributed by atoms with van der Waals surface area (Å²) in [5, 5.41) is 3.29. The number of amides is 1. The highest BCUT2D eigenvalue weighted by Crippen LogP contribution is 2.38. The summed E-state index contributed by atoms with van der Waals surface area (Å²) in [5.74, 6) is 0. The normalized spacial score (nSPS) is 18.9. The second kappa shape index (κ2) is 6.29. The highest BCUT2D eigenvalue weighted by atomic mass is 16.6. The second-order valence-electron chi connectivity index (χ2n) is 6.58. The van der Waals surface area contributed by atoms with Crippen LogP contribution in [0.4, 0.5) is 4.79 Å². The molecule has 2 aliphatic rings. The van der Waals surface area contributed by atoms with Gasteiger partial charge < -0.3 is 15.0 Å². The number of nitrogens with zero attached hydrogens (tertiary/aromatic N) is 1. The van der Waals surface area contributed by atoms with Crippen LogP contribution in [0.2, 0.25) is 0 Å². The summed E-state index contributed by atoms with van der Waals surface area (Å²) in [6.07, 6.45) is 0.709. The Labute approximate surface area is 142 Å². The maximum Gasteiger partial charge on any atom is 0.410 e. The monoisotopic (exact) mass is 322 g/mol. The van der Waals surface area contributed by atoms with Crippen molar-refractivity contribution in [3.8, 4) is 11.1 Å². The van der Waals surface area contributed by atoms with E-state index in [1.165, 1.54) is 22.3 Å². The second-order valence-corrected chi connectivity index (χ2v) is 6.58. The first-order valence-electron chi connectivity index (χ1n) is 8.57. The van der Waals surface area contributed by atoms with Crippen LogP contribution in [0.15, 0.2) is 42.5 Å². The number of fused-ring (bicyclic) bond motifs is 3. The molecule has 1 amide bonds. The number of rotatable bonds is 2. The maximum absolute atomic E-state index is 12.4. The molecule has 24 heavy (non-hydrogen) atoms. The zero-order valence-corrected chi connectivity index (χ0v) is 13.9. The summed E-state index contributed by atoms with van der Waals surface area (Å²) in [6, 6.07) is 15.0. The van der Waals surface area contributed by atoms with E-state index in [9.17, 15) is 4.79 Å². The van der Waals surface area contributed by atoms with Gasteiger partial charge >= 0.3 is 6.09 Å². The summed E-state index contributed by atoms with van der Waals surface area (Å²) < 4.78 is 5.62. The third-order valence-electron chi connectivity index (χ3n) is 5.03. The number of carbonyl (C=O) groups is 1. The third-order valence-corrected chi connectivity index (χ3v) is 5.03. The molecule has 1 aliphatic carbocycles. The molecule has 1 aliphatic heterocycles. The van der Waals surface area contributed by atoms with Crippen LogP contribution in [0.1, 0.15) is 23.6 Å². The molecule has 0 bridgehead atoms. The molecule has 2 aromatic rings. The van der Waals surface area contributed by atoms with Crippen LogP contribution in [0.3, 0.4) is 0 Å². The lowest BCUT2D eigenvalue weighted by atomic mass is 10.0. The van der Waals surface area contributed by atoms with Crippen LogP contribution in [0.25, 0.3) is 11.1 Å². The SMILES string of the molecule is C[C@H]1CNCCN1C(=O)OCc1cccc2c1Cc1ccccc1-2. The third kappa shape index (κ3) is 2.67. The van der Waals surface area contributed by atoms with E-state index in [1.54, 1.807) is 0 Å². The van der Waals surface area contributed by atoms with Gasteiger partial charge in [-0.1, -0.05) is 42.5 Å². The molecule has 0 spiro atoms. The van der Waals surface area contributed by atoms with Crippen molar-refractivity contribution in [2.75, 3.05) is 19.6 Å². The number of carbonyl (C=O) groups excluding carboxylic acids is 1. The van der Waals surface area contributed by atoms with Crippen molar-refractivity contribution in [3.05, 3.63) is 59.2 Å². The molecule has 1 saturated heterocycles. The van der Waals surface area contributed by atoms with Crippen LogP contribution in [-0.2, 0) is 17.8 Å². The van der Waals surface area contributed by atoms with Gasteiger partial charge in [-0.05, 0) is 41.2 Å². The van der Waals surface area contributed by atoms with Gasteiger partial charge in [0.1, 0.15) is 6.61 Å². The molecule has 0 radical (unpaired) electrons. The van der Waals surface area contributed by atoms with Crippen LogP contribution in [-0.4, -0.2) is 36.7 Å². The fourth-order valence-corrected chi connectivity index (χ4v) is 3.69. The van der Waals surface area contributed by atoms with Gasteiger partial charge in [-0.15, -0.1) is 0 Å². The summed E-state index contributed by atoms with van der Waals surface area (Å²) in [5.41, 5.74) is 6.33. The number of ether oxygens (including phenoxy) is 1. The minimum absolute atomic E-state index is 0.178. The van der Waals surface area contributed by atoms with E-state index in [0.29, 0.717) is 13.2 Å². The summed E-state index contributed by atoms with van der Waals surface area (Å²) in [6.45, 7) is 4.75. The molecular weight excluding hydrogens is 300 g/mol. The van der Waals surface area contributed by atoms with Crippen molar-refractivity contribution in [1.29, 1.82) is 0 Å². The van der Waals surface area contributed by atoms with E-state index in [0.717, 1.165) is 25.1 Å². The van der Waals surface area contributed by atoms with Crippen molar-refractivity contribution in [1.82, 2.24) is 10.2 Å². The molecule has 1 atom stereocenters. The average Bonchev–Trinajstić information content (AvgIpc) is 2.99. The van der Waals surface area contributed by atoms with Crippen molar-refractivity contribution < 1.29 is 9.53 Å². The molecule has 0 unspecified atom stereocenters. The average molecular weight is 322 g/mol. The smallest absolute Gasteiger partial charge is 0.410 e. The molecule has 2 aromatic carbocycles. The molecule has 1 fully saturated rings. The van der Waals surface area contributed by atoms with Crippen LogP contribution in [0.5, 0.6) is 0 Å². The first-order chi connectivity index (χ1) is 11.7. The molecule has 0 saturated carbocycles. The van der Waals surface area contributed by atoms with Gasteiger partial charge in [-0.2, -0.15) is 0 Å². The van der Waals surface area contributed by atoms with Crippen LogP contribution in [0, 0.1) is 0 Å². The van der Waals surface area contributed by atoms with Gasteiger partial charge in [0, 0.05) is 25.7 Å². The predicted octanol–water partition coefficient (Wildman–Crippen LogP) is 3.19. The van der Waals surface area contributed by atoms with Gasteiger partial charge in [-0.3, -0.25) is 0 Å².